The average Bonchev–Trinajstić information content (AvgIpc) is 2.81. The van der Waals surface area contributed by atoms with Crippen molar-refractivity contribution < 1.29 is 0 Å². The van der Waals surface area contributed by atoms with Gasteiger partial charge in [-0.05, 0) is 55.3 Å². The topological polar surface area (TPSA) is 12.0 Å². The highest BCUT2D eigenvalue weighted by atomic mass is 14.9. The van der Waals surface area contributed by atoms with Gasteiger partial charge in [-0.2, -0.15) is 0 Å². The third-order valence-corrected chi connectivity index (χ3v) is 4.15. The molecule has 0 heterocycles. The van der Waals surface area contributed by atoms with Gasteiger partial charge in [0.2, 0.25) is 0 Å². The number of nitrogens with one attached hydrogen (secondary N) is 1. The van der Waals surface area contributed by atoms with Crippen molar-refractivity contribution in [2.45, 2.75) is 58.4 Å². The minimum atomic E-state index is 0.537. The van der Waals surface area contributed by atoms with E-state index in [9.17, 15) is 0 Å². The second-order valence-electron chi connectivity index (χ2n) is 6.05. The van der Waals surface area contributed by atoms with Crippen LogP contribution in [0.3, 0.4) is 0 Å². The van der Waals surface area contributed by atoms with E-state index in [0.29, 0.717) is 6.04 Å². The molecule has 1 aliphatic carbocycles. The van der Waals surface area contributed by atoms with E-state index in [1.807, 2.05) is 0 Å². The van der Waals surface area contributed by atoms with E-state index in [2.05, 4.69) is 44.4 Å². The minimum Gasteiger partial charge on any atom is -0.313 e. The van der Waals surface area contributed by atoms with Gasteiger partial charge in [-0.3, -0.25) is 0 Å². The van der Waals surface area contributed by atoms with Gasteiger partial charge in [0.15, 0.2) is 0 Å². The fourth-order valence-electron chi connectivity index (χ4n) is 3.02. The summed E-state index contributed by atoms with van der Waals surface area (Å²) in [7, 11) is 2.09. The molecule has 1 unspecified atom stereocenters. The molecular formula is C17H27N. The van der Waals surface area contributed by atoms with Crippen molar-refractivity contribution >= 4 is 0 Å². The van der Waals surface area contributed by atoms with Crippen LogP contribution < -0.4 is 5.32 Å². The summed E-state index contributed by atoms with van der Waals surface area (Å²) < 4.78 is 0. The summed E-state index contributed by atoms with van der Waals surface area (Å²) in [6.07, 6.45) is 7.83. The molecule has 0 radical (unpaired) electrons. The zero-order valence-corrected chi connectivity index (χ0v) is 12.1. The Bertz CT molecular complexity index is 381. The molecule has 0 amide bonds. The summed E-state index contributed by atoms with van der Waals surface area (Å²) in [4.78, 5) is 0. The highest BCUT2D eigenvalue weighted by Crippen LogP contribution is 2.27. The Morgan fingerprint density at radius 1 is 1.11 bits per heavy atom. The zero-order valence-electron chi connectivity index (χ0n) is 12.1. The Labute approximate surface area is 112 Å². The maximum Gasteiger partial charge on any atom is 0.0317 e. The van der Waals surface area contributed by atoms with Gasteiger partial charge in [-0.15, -0.1) is 0 Å². The first kappa shape index (κ1) is 13.6. The van der Waals surface area contributed by atoms with Gasteiger partial charge >= 0.3 is 0 Å². The van der Waals surface area contributed by atoms with Crippen LogP contribution >= 0.6 is 0 Å². The normalized spacial score (nSPS) is 16.0. The third-order valence-electron chi connectivity index (χ3n) is 4.15. The fourth-order valence-corrected chi connectivity index (χ4v) is 3.02. The maximum atomic E-state index is 3.48. The summed E-state index contributed by atoms with van der Waals surface area (Å²) in [5, 5.41) is 3.48. The van der Waals surface area contributed by atoms with E-state index in [4.69, 9.17) is 0 Å². The smallest absolute Gasteiger partial charge is 0.0317 e. The second-order valence-corrected chi connectivity index (χ2v) is 6.05. The van der Waals surface area contributed by atoms with Crippen molar-refractivity contribution in [2.75, 3.05) is 7.05 Å². The predicted molar refractivity (Wildman–Crippen MR) is 79.0 cm³/mol. The van der Waals surface area contributed by atoms with Gasteiger partial charge in [0.1, 0.15) is 0 Å². The Kier molecular flexibility index (Phi) is 4.82. The summed E-state index contributed by atoms with van der Waals surface area (Å²) in [5.74, 6) is 0.822. The first-order valence-electron chi connectivity index (χ1n) is 7.49. The van der Waals surface area contributed by atoms with Crippen LogP contribution in [0, 0.1) is 5.92 Å². The molecule has 100 valence electrons. The summed E-state index contributed by atoms with van der Waals surface area (Å²) in [6, 6.07) is 7.67. The van der Waals surface area contributed by atoms with Crippen LogP contribution in [-0.2, 0) is 12.8 Å². The molecule has 1 atom stereocenters. The number of hydrogen-bond donors (Lipinski definition) is 1. The summed E-state index contributed by atoms with van der Waals surface area (Å²) in [5.41, 5.74) is 4.66. The average molecular weight is 245 g/mol. The Balaban J connectivity index is 1.99. The van der Waals surface area contributed by atoms with Crippen LogP contribution in [0.4, 0.5) is 0 Å². The van der Waals surface area contributed by atoms with Crippen molar-refractivity contribution in [3.8, 4) is 0 Å². The van der Waals surface area contributed by atoms with E-state index >= 15 is 0 Å². The highest BCUT2D eigenvalue weighted by molar-refractivity contribution is 5.36. The number of fused-ring (bicyclic) bond motifs is 1. The van der Waals surface area contributed by atoms with Crippen LogP contribution in [0.15, 0.2) is 18.2 Å². The molecule has 1 aliphatic rings. The van der Waals surface area contributed by atoms with E-state index in [0.717, 1.165) is 5.92 Å². The number of benzene rings is 1. The Hall–Kier alpha value is -0.820. The third kappa shape index (κ3) is 3.35. The molecule has 0 bridgehead atoms. The number of rotatable bonds is 6. The summed E-state index contributed by atoms with van der Waals surface area (Å²) in [6.45, 7) is 4.62. The quantitative estimate of drug-likeness (QED) is 0.789. The van der Waals surface area contributed by atoms with E-state index in [-0.39, 0.29) is 0 Å². The largest absolute Gasteiger partial charge is 0.313 e. The molecule has 1 N–H and O–H groups in total. The van der Waals surface area contributed by atoms with Crippen LogP contribution in [0.5, 0.6) is 0 Å². The summed E-state index contributed by atoms with van der Waals surface area (Å²) >= 11 is 0. The molecule has 18 heavy (non-hydrogen) atoms. The maximum absolute atomic E-state index is 3.48. The van der Waals surface area contributed by atoms with Gasteiger partial charge in [0, 0.05) is 6.04 Å². The molecular weight excluding hydrogens is 218 g/mol. The van der Waals surface area contributed by atoms with Crippen molar-refractivity contribution in [2.24, 2.45) is 5.92 Å². The van der Waals surface area contributed by atoms with Crippen molar-refractivity contribution in [1.29, 1.82) is 0 Å². The van der Waals surface area contributed by atoms with Crippen molar-refractivity contribution in [3.63, 3.8) is 0 Å². The van der Waals surface area contributed by atoms with E-state index in [1.165, 1.54) is 44.1 Å². The molecule has 0 aliphatic heterocycles. The Morgan fingerprint density at radius 3 is 2.61 bits per heavy atom. The molecule has 0 spiro atoms. The molecule has 0 saturated carbocycles. The second kappa shape index (κ2) is 6.38. The Morgan fingerprint density at radius 2 is 1.89 bits per heavy atom. The van der Waals surface area contributed by atoms with Crippen molar-refractivity contribution in [3.05, 3.63) is 34.9 Å². The molecule has 0 saturated heterocycles. The molecule has 1 aromatic rings. The first-order valence-corrected chi connectivity index (χ1v) is 7.49. The zero-order chi connectivity index (χ0) is 13.0. The molecule has 0 fully saturated rings. The minimum absolute atomic E-state index is 0.537. The SMILES string of the molecule is CNC(CCCC(C)C)c1ccc2c(c1)CCC2. The van der Waals surface area contributed by atoms with Crippen LogP contribution in [0.2, 0.25) is 0 Å². The van der Waals surface area contributed by atoms with E-state index < -0.39 is 0 Å². The van der Waals surface area contributed by atoms with Crippen LogP contribution in [0.1, 0.15) is 62.3 Å². The van der Waals surface area contributed by atoms with Gasteiger partial charge in [0.05, 0.1) is 0 Å². The lowest BCUT2D eigenvalue weighted by molar-refractivity contribution is 0.470. The molecule has 2 rings (SSSR count). The first-order chi connectivity index (χ1) is 8.70. The fraction of sp³-hybridized carbons (Fsp3) is 0.647. The lowest BCUT2D eigenvalue weighted by Crippen LogP contribution is -2.16. The standard InChI is InChI=1S/C17H27N/c1-13(2)6-4-9-17(18-3)16-11-10-14-7-5-8-15(14)12-16/h10-13,17-18H,4-9H2,1-3H3. The van der Waals surface area contributed by atoms with Gasteiger partial charge in [-0.1, -0.05) is 44.9 Å². The van der Waals surface area contributed by atoms with Crippen molar-refractivity contribution in [1.82, 2.24) is 5.32 Å². The predicted octanol–water partition coefficient (Wildman–Crippen LogP) is 4.26. The molecule has 1 heteroatoms. The highest BCUT2D eigenvalue weighted by Gasteiger charge is 2.14. The molecule has 0 aromatic heterocycles. The van der Waals surface area contributed by atoms with Crippen LogP contribution in [0.25, 0.3) is 0 Å². The lowest BCUT2D eigenvalue weighted by atomic mass is 9.96. The number of hydrogen-bond acceptors (Lipinski definition) is 1. The van der Waals surface area contributed by atoms with Gasteiger partial charge < -0.3 is 5.32 Å². The van der Waals surface area contributed by atoms with E-state index in [1.54, 1.807) is 11.1 Å². The van der Waals surface area contributed by atoms with Gasteiger partial charge in [0.25, 0.3) is 0 Å². The lowest BCUT2D eigenvalue weighted by Gasteiger charge is -2.18. The molecule has 1 aromatic carbocycles. The van der Waals surface area contributed by atoms with Crippen LogP contribution in [-0.4, -0.2) is 7.05 Å². The van der Waals surface area contributed by atoms with Gasteiger partial charge in [-0.25, -0.2) is 0 Å². The monoisotopic (exact) mass is 245 g/mol. The number of aryl methyl sites for hydroxylation is 2. The molecule has 1 nitrogen and oxygen atoms in total.